The molecule has 2 aromatic heterocycles. The van der Waals surface area contributed by atoms with Crippen molar-refractivity contribution in [3.63, 3.8) is 0 Å². The van der Waals surface area contributed by atoms with Gasteiger partial charge >= 0.3 is 0 Å². The molecule has 1 fully saturated rings. The fourth-order valence-electron chi connectivity index (χ4n) is 4.81. The molecule has 1 aliphatic rings. The lowest BCUT2D eigenvalue weighted by Crippen LogP contribution is -2.39. The molecule has 0 bridgehead atoms. The molecule has 3 N–H and O–H groups in total. The third-order valence-electron chi connectivity index (χ3n) is 6.66. The zero-order valence-corrected chi connectivity index (χ0v) is 23.9. The second-order valence-electron chi connectivity index (χ2n) is 9.12. The average Bonchev–Trinajstić information content (AvgIpc) is 3.25. The molecule has 0 spiro atoms. The Hall–Kier alpha value is -2.60. The van der Waals surface area contributed by atoms with E-state index >= 15 is 0 Å². The summed E-state index contributed by atoms with van der Waals surface area (Å²) < 4.78 is 22.7. The van der Waals surface area contributed by atoms with Crippen molar-refractivity contribution in [3.05, 3.63) is 34.2 Å². The van der Waals surface area contributed by atoms with Gasteiger partial charge in [-0.1, -0.05) is 27.2 Å². The number of hydrogen-bond donors (Lipinski definition) is 3. The number of nitrogens with one attached hydrogen (secondary N) is 1. The van der Waals surface area contributed by atoms with Crippen LogP contribution in [0.4, 0.5) is 0 Å². The number of piperidine rings is 1. The summed E-state index contributed by atoms with van der Waals surface area (Å²) in [5.74, 6) is 0.998. The van der Waals surface area contributed by atoms with Crippen LogP contribution in [0.2, 0.25) is 0 Å². The molecular weight excluding hydrogens is 506 g/mol. The molecule has 0 radical (unpaired) electrons. The Bertz CT molecular complexity index is 1280. The van der Waals surface area contributed by atoms with Crippen LogP contribution in [0, 0.1) is 5.92 Å². The molecule has 1 aromatic carbocycles. The third kappa shape index (κ3) is 6.51. The largest absolute Gasteiger partial charge is 0.493 e. The fraction of sp³-hybridized carbons (Fsp3) is 0.593. The molecule has 0 saturated carbocycles. The summed E-state index contributed by atoms with van der Waals surface area (Å²) in [6.45, 7) is 9.49. The molecule has 3 heterocycles. The summed E-state index contributed by atoms with van der Waals surface area (Å²) in [6, 6.07) is 5.32. The highest BCUT2D eigenvalue weighted by molar-refractivity contribution is 7.82. The highest BCUT2D eigenvalue weighted by atomic mass is 32.2. The van der Waals surface area contributed by atoms with Gasteiger partial charge in [0.25, 0.3) is 5.56 Å². The monoisotopic (exact) mass is 547 g/mol. The molecule has 10 nitrogen and oxygen atoms in total. The van der Waals surface area contributed by atoms with Crippen LogP contribution in [0.5, 0.6) is 5.75 Å². The quantitative estimate of drug-likeness (QED) is 0.355. The molecular formula is C27H41N5O5S. The van der Waals surface area contributed by atoms with Crippen LogP contribution in [-0.2, 0) is 24.5 Å². The number of ether oxygens (including phenoxy) is 1. The van der Waals surface area contributed by atoms with E-state index in [4.69, 9.17) is 14.8 Å². The normalized spacial score (nSPS) is 16.2. The Morgan fingerprint density at radius 1 is 1.24 bits per heavy atom. The number of aryl methyl sites for hydroxylation is 2. The van der Waals surface area contributed by atoms with E-state index in [1.54, 1.807) is 29.9 Å². The minimum atomic E-state index is -1.42. The van der Waals surface area contributed by atoms with Crippen molar-refractivity contribution in [1.29, 1.82) is 0 Å². The van der Waals surface area contributed by atoms with Crippen molar-refractivity contribution in [2.24, 2.45) is 13.0 Å². The van der Waals surface area contributed by atoms with E-state index in [9.17, 15) is 14.1 Å². The van der Waals surface area contributed by atoms with Crippen LogP contribution in [0.1, 0.15) is 59.1 Å². The molecule has 1 saturated heterocycles. The van der Waals surface area contributed by atoms with E-state index in [0.29, 0.717) is 78.4 Å². The molecule has 2 unspecified atom stereocenters. The van der Waals surface area contributed by atoms with Crippen LogP contribution in [0.3, 0.4) is 0 Å². The van der Waals surface area contributed by atoms with Crippen molar-refractivity contribution >= 4 is 22.0 Å². The molecule has 11 heteroatoms. The van der Waals surface area contributed by atoms with Gasteiger partial charge in [0.2, 0.25) is 0 Å². The van der Waals surface area contributed by atoms with Crippen molar-refractivity contribution < 1.29 is 19.2 Å². The Balaban J connectivity index is 0.00000195. The van der Waals surface area contributed by atoms with E-state index in [2.05, 4.69) is 17.0 Å². The van der Waals surface area contributed by atoms with Crippen LogP contribution in [-0.4, -0.2) is 70.9 Å². The zero-order valence-electron chi connectivity index (χ0n) is 23.1. The lowest BCUT2D eigenvalue weighted by molar-refractivity contribution is 0.0550. The maximum atomic E-state index is 13.5. The summed E-state index contributed by atoms with van der Waals surface area (Å²) >= 11 is 0. The summed E-state index contributed by atoms with van der Waals surface area (Å²) in [7, 11) is 0.312. The zero-order chi connectivity index (χ0) is 27.8. The molecule has 0 amide bonds. The Morgan fingerprint density at radius 2 is 1.95 bits per heavy atom. The van der Waals surface area contributed by atoms with E-state index in [1.807, 2.05) is 25.1 Å². The molecule has 3 aromatic rings. The lowest BCUT2D eigenvalue weighted by atomic mass is 9.91. The number of aromatic nitrogens is 4. The smallest absolute Gasteiger partial charge is 0.277 e. The molecule has 2 atom stereocenters. The first-order chi connectivity index (χ1) is 18.4. The van der Waals surface area contributed by atoms with Gasteiger partial charge in [-0.3, -0.25) is 9.48 Å². The van der Waals surface area contributed by atoms with Crippen LogP contribution in [0.15, 0.2) is 27.9 Å². The van der Waals surface area contributed by atoms with E-state index in [-0.39, 0.29) is 18.1 Å². The Kier molecular flexibility index (Phi) is 11.0. The first kappa shape index (κ1) is 29.9. The minimum absolute atomic E-state index is 0.0385. The maximum absolute atomic E-state index is 13.5. The fourth-order valence-corrected chi connectivity index (χ4v) is 6.05. The molecule has 210 valence electrons. The first-order valence-corrected chi connectivity index (χ1v) is 14.7. The minimum Gasteiger partial charge on any atom is -0.493 e. The molecule has 38 heavy (non-hydrogen) atoms. The van der Waals surface area contributed by atoms with Gasteiger partial charge in [-0.05, 0) is 56.7 Å². The molecule has 4 rings (SSSR count). The Morgan fingerprint density at radius 3 is 2.58 bits per heavy atom. The number of nitrogens with zero attached hydrogens (tertiary/aromatic N) is 4. The van der Waals surface area contributed by atoms with Crippen LogP contribution in [0.25, 0.3) is 22.4 Å². The van der Waals surface area contributed by atoms with E-state index in [0.717, 1.165) is 12.1 Å². The summed E-state index contributed by atoms with van der Waals surface area (Å²) in [4.78, 5) is 21.2. The molecule has 0 aliphatic carbocycles. The predicted octanol–water partition coefficient (Wildman–Crippen LogP) is 3.18. The standard InChI is InChI=1S/C25H35N5O5S.C2H6/c1-4-6-19-22-23(29(3)28-19)25(33)27-24(26-22)18-15-17(7-8-21(18)35-5-2)36(34)30-12-9-16(10-13-30)20(32)11-14-31;1-2/h7-8,15-16,20,31-32H,4-6,9-14H2,1-3H3,(H,26,27,33);1-2H3. The van der Waals surface area contributed by atoms with Crippen molar-refractivity contribution in [3.8, 4) is 17.1 Å². The van der Waals surface area contributed by atoms with E-state index < -0.39 is 17.1 Å². The van der Waals surface area contributed by atoms with E-state index in [1.165, 1.54) is 0 Å². The van der Waals surface area contributed by atoms with Crippen LogP contribution >= 0.6 is 0 Å². The SMILES string of the molecule is CC.CCCc1nn(C)c2c(=O)[nH]c(-c3cc(S(=O)N4CCC(C(O)CCO)CC4)ccc3OCC)nc12. The summed E-state index contributed by atoms with van der Waals surface area (Å²) in [6.07, 6.45) is 2.83. The first-order valence-electron chi connectivity index (χ1n) is 13.6. The van der Waals surface area contributed by atoms with Crippen LogP contribution < -0.4 is 10.3 Å². The van der Waals surface area contributed by atoms with Gasteiger partial charge in [-0.15, -0.1) is 0 Å². The number of aliphatic hydroxyl groups excluding tert-OH is 2. The highest BCUT2D eigenvalue weighted by Gasteiger charge is 2.28. The number of fused-ring (bicyclic) bond motifs is 1. The second-order valence-corrected chi connectivity index (χ2v) is 10.6. The highest BCUT2D eigenvalue weighted by Crippen LogP contribution is 2.32. The second kappa shape index (κ2) is 14.0. The average molecular weight is 548 g/mol. The summed E-state index contributed by atoms with van der Waals surface area (Å²) in [5.41, 5.74) is 2.04. The number of benzene rings is 1. The number of hydrogen-bond acceptors (Lipinski definition) is 7. The number of aliphatic hydroxyl groups is 2. The van der Waals surface area contributed by atoms with Gasteiger partial charge in [-0.2, -0.15) is 5.10 Å². The van der Waals surface area contributed by atoms with Crippen molar-refractivity contribution in [2.75, 3.05) is 26.3 Å². The maximum Gasteiger partial charge on any atom is 0.277 e. The van der Waals surface area contributed by atoms with Gasteiger partial charge in [0.05, 0.1) is 28.9 Å². The predicted molar refractivity (Wildman–Crippen MR) is 149 cm³/mol. The summed E-state index contributed by atoms with van der Waals surface area (Å²) in [5, 5.41) is 23.8. The number of aromatic amines is 1. The van der Waals surface area contributed by atoms with Gasteiger partial charge in [0, 0.05) is 26.7 Å². The lowest BCUT2D eigenvalue weighted by Gasteiger charge is -2.33. The van der Waals surface area contributed by atoms with Gasteiger partial charge < -0.3 is 19.9 Å². The van der Waals surface area contributed by atoms with Gasteiger partial charge in [0.1, 0.15) is 28.1 Å². The van der Waals surface area contributed by atoms with Gasteiger partial charge in [-0.25, -0.2) is 13.5 Å². The Labute approximate surface area is 226 Å². The number of rotatable bonds is 10. The number of H-pyrrole nitrogens is 1. The third-order valence-corrected chi connectivity index (χ3v) is 8.15. The topological polar surface area (TPSA) is 134 Å². The van der Waals surface area contributed by atoms with Crippen molar-refractivity contribution in [2.45, 2.75) is 70.8 Å². The molecule has 1 aliphatic heterocycles. The van der Waals surface area contributed by atoms with Crippen molar-refractivity contribution in [1.82, 2.24) is 24.1 Å². The van der Waals surface area contributed by atoms with Gasteiger partial charge in [0.15, 0.2) is 5.52 Å².